The molecule has 0 saturated carbocycles. The van der Waals surface area contributed by atoms with Gasteiger partial charge in [0.05, 0.1) is 16.1 Å². The van der Waals surface area contributed by atoms with Crippen LogP contribution < -0.4 is 10.0 Å². The summed E-state index contributed by atoms with van der Waals surface area (Å²) in [6, 6.07) is 3.57. The van der Waals surface area contributed by atoms with Crippen LogP contribution >= 0.6 is 0 Å². The van der Waals surface area contributed by atoms with Crippen molar-refractivity contribution >= 4 is 33.4 Å². The predicted octanol–water partition coefficient (Wildman–Crippen LogP) is -0.272. The first-order chi connectivity index (χ1) is 9.71. The lowest BCUT2D eigenvalue weighted by Gasteiger charge is -2.15. The zero-order valence-corrected chi connectivity index (χ0v) is 11.6. The third-order valence-corrected chi connectivity index (χ3v) is 3.95. The van der Waals surface area contributed by atoms with Gasteiger partial charge in [0, 0.05) is 13.0 Å². The number of nitrogens with two attached hydrogens (primary N) is 1. The number of anilines is 1. The minimum absolute atomic E-state index is 0.0400. The molecule has 0 bridgehead atoms. The Morgan fingerprint density at radius 1 is 1.29 bits per heavy atom. The lowest BCUT2D eigenvalue weighted by Crippen LogP contribution is -2.30. The number of carboxylic acid groups (broad SMARTS) is 1. The van der Waals surface area contributed by atoms with Crippen LogP contribution in [0.25, 0.3) is 0 Å². The van der Waals surface area contributed by atoms with Gasteiger partial charge in [-0.1, -0.05) is 0 Å². The Labute approximate surface area is 120 Å². The first-order valence-corrected chi connectivity index (χ1v) is 7.51. The molecule has 3 N–H and O–H groups in total. The molecule has 8 nitrogen and oxygen atoms in total. The number of aliphatic carboxylic acids is 1. The molecule has 21 heavy (non-hydrogen) atoms. The number of sulfonamides is 1. The number of hydrogen-bond acceptors (Lipinski definition) is 5. The van der Waals surface area contributed by atoms with Gasteiger partial charge in [-0.15, -0.1) is 0 Å². The summed E-state index contributed by atoms with van der Waals surface area (Å²) in [5.41, 5.74) is 0.227. The molecule has 1 heterocycles. The van der Waals surface area contributed by atoms with Gasteiger partial charge in [-0.25, -0.2) is 13.6 Å². The maximum atomic E-state index is 11.8. The van der Waals surface area contributed by atoms with Crippen LogP contribution in [0.5, 0.6) is 0 Å². The van der Waals surface area contributed by atoms with Crippen molar-refractivity contribution in [2.24, 2.45) is 5.14 Å². The number of nitrogens with zero attached hydrogens (tertiary/aromatic N) is 1. The molecule has 1 aromatic carbocycles. The first-order valence-electron chi connectivity index (χ1n) is 5.96. The van der Waals surface area contributed by atoms with Crippen molar-refractivity contribution in [3.05, 3.63) is 23.8 Å². The summed E-state index contributed by atoms with van der Waals surface area (Å²) in [6.45, 7) is 0.0681. The molecule has 0 aliphatic carbocycles. The molecular weight excluding hydrogens is 300 g/mol. The normalized spacial score (nSPS) is 14.4. The lowest BCUT2D eigenvalue weighted by atomic mass is 10.1. The van der Waals surface area contributed by atoms with E-state index in [1.165, 1.54) is 12.1 Å². The van der Waals surface area contributed by atoms with E-state index >= 15 is 0 Å². The van der Waals surface area contributed by atoms with Crippen LogP contribution in [0.3, 0.4) is 0 Å². The Morgan fingerprint density at radius 2 is 1.95 bits per heavy atom. The molecule has 1 amide bonds. The largest absolute Gasteiger partial charge is 0.481 e. The summed E-state index contributed by atoms with van der Waals surface area (Å²) in [7, 11) is -3.97. The molecular formula is C12H12N2O6S. The fourth-order valence-corrected chi connectivity index (χ4v) is 2.61. The standard InChI is InChI=1S/C12H12N2O6S/c13-21(19,20)7-3-4-9-8(6-7)11(17)12(18)14(9)5-1-2-10(15)16/h3-4,6H,1-2,5H2,(H,15,16)(H2,13,19,20). The van der Waals surface area contributed by atoms with E-state index in [2.05, 4.69) is 0 Å². The molecule has 9 heteroatoms. The number of amides is 1. The molecule has 112 valence electrons. The summed E-state index contributed by atoms with van der Waals surface area (Å²) in [5.74, 6) is -2.63. The Bertz CT molecular complexity index is 740. The molecule has 0 fully saturated rings. The second-order valence-electron chi connectivity index (χ2n) is 4.51. The zero-order valence-electron chi connectivity index (χ0n) is 10.8. The van der Waals surface area contributed by atoms with Crippen molar-refractivity contribution in [1.29, 1.82) is 0 Å². The number of ketones is 1. The van der Waals surface area contributed by atoms with Crippen LogP contribution in [0.15, 0.2) is 23.1 Å². The van der Waals surface area contributed by atoms with Gasteiger partial charge < -0.3 is 10.0 Å². The average molecular weight is 312 g/mol. The molecule has 0 saturated heterocycles. The highest BCUT2D eigenvalue weighted by Crippen LogP contribution is 2.30. The second-order valence-corrected chi connectivity index (χ2v) is 6.07. The lowest BCUT2D eigenvalue weighted by molar-refractivity contribution is -0.137. The second kappa shape index (κ2) is 5.26. The van der Waals surface area contributed by atoms with Gasteiger partial charge in [-0.2, -0.15) is 0 Å². The Hall–Kier alpha value is -2.26. The fourth-order valence-electron chi connectivity index (χ4n) is 2.07. The summed E-state index contributed by atoms with van der Waals surface area (Å²) < 4.78 is 22.5. The molecule has 2 rings (SSSR count). The van der Waals surface area contributed by atoms with Gasteiger partial charge in [-0.3, -0.25) is 14.4 Å². The monoisotopic (exact) mass is 312 g/mol. The van der Waals surface area contributed by atoms with Gasteiger partial charge in [0.15, 0.2) is 0 Å². The van der Waals surface area contributed by atoms with E-state index in [1.54, 1.807) is 0 Å². The van der Waals surface area contributed by atoms with Gasteiger partial charge in [-0.05, 0) is 24.6 Å². The van der Waals surface area contributed by atoms with Crippen LogP contribution in [0.2, 0.25) is 0 Å². The molecule has 0 spiro atoms. The van der Waals surface area contributed by atoms with Crippen LogP contribution in [0.1, 0.15) is 23.2 Å². The number of carboxylic acids is 1. The summed E-state index contributed by atoms with van der Waals surface area (Å²) in [4.78, 5) is 35.0. The molecule has 0 aromatic heterocycles. The Kier molecular flexibility index (Phi) is 3.79. The topological polar surface area (TPSA) is 135 Å². The molecule has 1 aliphatic heterocycles. The van der Waals surface area contributed by atoms with Crippen molar-refractivity contribution < 1.29 is 27.9 Å². The number of fused-ring (bicyclic) bond motifs is 1. The molecule has 1 aliphatic rings. The summed E-state index contributed by atoms with van der Waals surface area (Å²) >= 11 is 0. The molecule has 0 radical (unpaired) electrons. The Balaban J connectivity index is 2.33. The van der Waals surface area contributed by atoms with Gasteiger partial charge in [0.25, 0.3) is 11.7 Å². The fraction of sp³-hybridized carbons (Fsp3) is 0.250. The number of hydrogen-bond donors (Lipinski definition) is 2. The van der Waals surface area contributed by atoms with Gasteiger partial charge in [0.2, 0.25) is 10.0 Å². The number of Topliss-reactive ketones (excluding diaryl/α,β-unsaturated/α-hetero) is 1. The number of rotatable bonds is 5. The van der Waals surface area contributed by atoms with E-state index < -0.39 is 27.7 Å². The predicted molar refractivity (Wildman–Crippen MR) is 71.4 cm³/mol. The highest BCUT2D eigenvalue weighted by Gasteiger charge is 2.36. The van der Waals surface area contributed by atoms with Crippen LogP contribution in [-0.2, 0) is 19.6 Å². The van der Waals surface area contributed by atoms with Crippen molar-refractivity contribution in [1.82, 2.24) is 0 Å². The molecule has 0 unspecified atom stereocenters. The van der Waals surface area contributed by atoms with Crippen molar-refractivity contribution in [2.45, 2.75) is 17.7 Å². The van der Waals surface area contributed by atoms with E-state index in [-0.39, 0.29) is 35.5 Å². The van der Waals surface area contributed by atoms with Crippen LogP contribution in [0.4, 0.5) is 5.69 Å². The highest BCUT2D eigenvalue weighted by atomic mass is 32.2. The Morgan fingerprint density at radius 3 is 2.52 bits per heavy atom. The van der Waals surface area contributed by atoms with E-state index in [4.69, 9.17) is 10.2 Å². The average Bonchev–Trinajstić information content (AvgIpc) is 2.62. The summed E-state index contributed by atoms with van der Waals surface area (Å²) in [6.07, 6.45) is 0.0489. The number of primary sulfonamides is 1. The minimum atomic E-state index is -3.97. The smallest absolute Gasteiger partial charge is 0.303 e. The number of benzene rings is 1. The van der Waals surface area contributed by atoms with E-state index in [0.29, 0.717) is 0 Å². The van der Waals surface area contributed by atoms with Crippen LogP contribution in [0, 0.1) is 0 Å². The third kappa shape index (κ3) is 2.93. The van der Waals surface area contributed by atoms with E-state index in [0.717, 1.165) is 11.0 Å². The van der Waals surface area contributed by atoms with E-state index in [9.17, 15) is 22.8 Å². The van der Waals surface area contributed by atoms with Gasteiger partial charge in [0.1, 0.15) is 0 Å². The molecule has 1 aromatic rings. The van der Waals surface area contributed by atoms with E-state index in [1.807, 2.05) is 0 Å². The number of carbonyl (C=O) groups excluding carboxylic acids is 2. The highest BCUT2D eigenvalue weighted by molar-refractivity contribution is 7.89. The van der Waals surface area contributed by atoms with Crippen LogP contribution in [-0.4, -0.2) is 37.7 Å². The van der Waals surface area contributed by atoms with Gasteiger partial charge >= 0.3 is 5.97 Å². The van der Waals surface area contributed by atoms with Crippen molar-refractivity contribution in [3.8, 4) is 0 Å². The maximum Gasteiger partial charge on any atom is 0.303 e. The quantitative estimate of drug-likeness (QED) is 0.718. The zero-order chi connectivity index (χ0) is 15.8. The molecule has 0 atom stereocenters. The number of carbonyl (C=O) groups is 3. The maximum absolute atomic E-state index is 11.8. The third-order valence-electron chi connectivity index (χ3n) is 3.04. The van der Waals surface area contributed by atoms with Crippen molar-refractivity contribution in [3.63, 3.8) is 0 Å². The first kappa shape index (κ1) is 15.1. The SMILES string of the molecule is NS(=O)(=O)c1ccc2c(c1)C(=O)C(=O)N2CCCC(=O)O. The minimum Gasteiger partial charge on any atom is -0.481 e. The van der Waals surface area contributed by atoms with Crippen molar-refractivity contribution in [2.75, 3.05) is 11.4 Å². The summed E-state index contributed by atoms with van der Waals surface area (Å²) in [5, 5.41) is 13.6.